The number of aromatic amines is 1. The second-order valence-electron chi connectivity index (χ2n) is 5.72. The highest BCUT2D eigenvalue weighted by molar-refractivity contribution is 5.92. The number of rotatable bonds is 3. The Balaban J connectivity index is 1.91. The van der Waals surface area contributed by atoms with Crippen molar-refractivity contribution in [1.29, 1.82) is 0 Å². The fraction of sp³-hybridized carbons (Fsp3) is 0.0556. The standard InChI is InChI=1S/C18H12F3N5O/c19-18(20,21)12-7-3-1-5-10(12)16-22-13-8-4-2-6-11(13)17(24-16)23-14-9-15(27)26-25-14/h1-9H,(H3,22,23,24,25,26,27). The third-order valence-corrected chi connectivity index (χ3v) is 3.89. The maximum Gasteiger partial charge on any atom is 0.417 e. The van der Waals surface area contributed by atoms with Crippen LogP contribution < -0.4 is 5.32 Å². The Morgan fingerprint density at radius 2 is 1.70 bits per heavy atom. The molecular weight excluding hydrogens is 359 g/mol. The first-order valence-electron chi connectivity index (χ1n) is 7.86. The number of halogens is 3. The van der Waals surface area contributed by atoms with Crippen molar-refractivity contribution >= 4 is 22.5 Å². The Labute approximate surface area is 150 Å². The molecule has 3 N–H and O–H groups in total. The lowest BCUT2D eigenvalue weighted by Crippen LogP contribution is -2.08. The van der Waals surface area contributed by atoms with Gasteiger partial charge in [-0.2, -0.15) is 18.3 Å². The summed E-state index contributed by atoms with van der Waals surface area (Å²) in [5.74, 6) is 0.327. The van der Waals surface area contributed by atoms with Crippen LogP contribution in [0.3, 0.4) is 0 Å². The first-order chi connectivity index (χ1) is 12.9. The summed E-state index contributed by atoms with van der Waals surface area (Å²) in [7, 11) is 0. The van der Waals surface area contributed by atoms with E-state index >= 15 is 0 Å². The van der Waals surface area contributed by atoms with Crippen molar-refractivity contribution in [1.82, 2.24) is 20.2 Å². The summed E-state index contributed by atoms with van der Waals surface area (Å²) in [6.07, 6.45) is -4.53. The van der Waals surface area contributed by atoms with Crippen LogP contribution in [0.4, 0.5) is 24.8 Å². The summed E-state index contributed by atoms with van der Waals surface area (Å²) in [6.45, 7) is 0. The molecule has 0 amide bonds. The van der Waals surface area contributed by atoms with Crippen molar-refractivity contribution in [3.8, 4) is 17.3 Å². The van der Waals surface area contributed by atoms with Crippen molar-refractivity contribution in [2.24, 2.45) is 0 Å². The molecule has 2 aromatic heterocycles. The molecule has 0 aliphatic carbocycles. The molecule has 0 aliphatic rings. The molecule has 0 fully saturated rings. The molecule has 0 atom stereocenters. The number of alkyl halides is 3. The van der Waals surface area contributed by atoms with Crippen LogP contribution in [0.1, 0.15) is 5.56 Å². The van der Waals surface area contributed by atoms with Gasteiger partial charge in [0.15, 0.2) is 11.6 Å². The summed E-state index contributed by atoms with van der Waals surface area (Å²) in [4.78, 5) is 8.59. The fourth-order valence-electron chi connectivity index (χ4n) is 2.71. The van der Waals surface area contributed by atoms with E-state index in [0.29, 0.717) is 10.9 Å². The van der Waals surface area contributed by atoms with E-state index in [1.165, 1.54) is 24.3 Å². The molecule has 9 heteroatoms. The summed E-state index contributed by atoms with van der Waals surface area (Å²) in [5, 5.41) is 19.1. The Kier molecular flexibility index (Phi) is 3.91. The minimum absolute atomic E-state index is 0.0658. The van der Waals surface area contributed by atoms with Crippen molar-refractivity contribution in [2.75, 3.05) is 5.32 Å². The van der Waals surface area contributed by atoms with Crippen LogP contribution in [0.15, 0.2) is 54.6 Å². The van der Waals surface area contributed by atoms with Crippen LogP contribution in [-0.4, -0.2) is 25.3 Å². The van der Waals surface area contributed by atoms with E-state index in [1.807, 2.05) is 0 Å². The maximum absolute atomic E-state index is 13.4. The van der Waals surface area contributed by atoms with Crippen LogP contribution in [0.25, 0.3) is 22.3 Å². The predicted molar refractivity (Wildman–Crippen MR) is 93.5 cm³/mol. The van der Waals surface area contributed by atoms with Gasteiger partial charge in [0.1, 0.15) is 5.82 Å². The smallest absolute Gasteiger partial charge is 0.417 e. The molecule has 0 unspecified atom stereocenters. The highest BCUT2D eigenvalue weighted by atomic mass is 19.4. The monoisotopic (exact) mass is 371 g/mol. The number of hydrogen-bond acceptors (Lipinski definition) is 5. The van der Waals surface area contributed by atoms with E-state index in [1.54, 1.807) is 24.3 Å². The van der Waals surface area contributed by atoms with E-state index in [9.17, 15) is 18.3 Å². The lowest BCUT2D eigenvalue weighted by Gasteiger charge is -2.14. The second kappa shape index (κ2) is 6.27. The van der Waals surface area contributed by atoms with E-state index < -0.39 is 11.7 Å². The zero-order valence-electron chi connectivity index (χ0n) is 13.6. The highest BCUT2D eigenvalue weighted by Gasteiger charge is 2.34. The van der Waals surface area contributed by atoms with Gasteiger partial charge in [-0.05, 0) is 18.2 Å². The number of para-hydroxylation sites is 1. The van der Waals surface area contributed by atoms with Gasteiger partial charge in [0.2, 0.25) is 5.88 Å². The van der Waals surface area contributed by atoms with E-state index in [0.717, 1.165) is 6.07 Å². The van der Waals surface area contributed by atoms with Crippen LogP contribution in [0.5, 0.6) is 5.88 Å². The van der Waals surface area contributed by atoms with Gasteiger partial charge in [-0.1, -0.05) is 30.3 Å². The molecule has 2 aromatic carbocycles. The van der Waals surface area contributed by atoms with E-state index in [-0.39, 0.29) is 28.9 Å². The van der Waals surface area contributed by atoms with Crippen molar-refractivity contribution in [3.63, 3.8) is 0 Å². The van der Waals surface area contributed by atoms with Gasteiger partial charge in [0.25, 0.3) is 0 Å². The van der Waals surface area contributed by atoms with Crippen molar-refractivity contribution < 1.29 is 18.3 Å². The molecule has 4 aromatic rings. The molecule has 0 radical (unpaired) electrons. The number of aromatic nitrogens is 4. The second-order valence-corrected chi connectivity index (χ2v) is 5.72. The highest BCUT2D eigenvalue weighted by Crippen LogP contribution is 2.37. The zero-order chi connectivity index (χ0) is 19.0. The minimum atomic E-state index is -4.53. The summed E-state index contributed by atoms with van der Waals surface area (Å²) in [6, 6.07) is 13.4. The number of benzene rings is 2. The minimum Gasteiger partial charge on any atom is -0.494 e. The molecule has 0 saturated carbocycles. The molecule has 4 rings (SSSR count). The average Bonchev–Trinajstić information content (AvgIpc) is 3.06. The summed E-state index contributed by atoms with van der Waals surface area (Å²) < 4.78 is 40.2. The van der Waals surface area contributed by atoms with Crippen molar-refractivity contribution in [2.45, 2.75) is 6.18 Å². The molecule has 0 spiro atoms. The predicted octanol–water partition coefficient (Wildman–Crippen LogP) is 4.49. The van der Waals surface area contributed by atoms with Crippen LogP contribution >= 0.6 is 0 Å². The Morgan fingerprint density at radius 3 is 2.44 bits per heavy atom. The molecule has 0 aliphatic heterocycles. The first kappa shape index (κ1) is 16.8. The van der Waals surface area contributed by atoms with Gasteiger partial charge in [-0.3, -0.25) is 0 Å². The van der Waals surface area contributed by atoms with Crippen LogP contribution in [0.2, 0.25) is 0 Å². The topological polar surface area (TPSA) is 86.7 Å². The number of nitrogens with zero attached hydrogens (tertiary/aromatic N) is 3. The number of fused-ring (bicyclic) bond motifs is 1. The fourth-order valence-corrected chi connectivity index (χ4v) is 2.71. The summed E-state index contributed by atoms with van der Waals surface area (Å²) >= 11 is 0. The lowest BCUT2D eigenvalue weighted by atomic mass is 10.1. The Morgan fingerprint density at radius 1 is 0.963 bits per heavy atom. The SMILES string of the molecule is Oc1cc(Nc2nc(-c3ccccc3C(F)(F)F)nc3ccccc23)n[nH]1. The molecule has 2 heterocycles. The number of hydrogen-bond donors (Lipinski definition) is 3. The quantitative estimate of drug-likeness (QED) is 0.494. The van der Waals surface area contributed by atoms with Gasteiger partial charge in [0.05, 0.1) is 11.1 Å². The molecular formula is C18H12F3N5O. The molecule has 136 valence electrons. The largest absolute Gasteiger partial charge is 0.494 e. The molecule has 0 saturated heterocycles. The average molecular weight is 371 g/mol. The van der Waals surface area contributed by atoms with Gasteiger partial charge in [-0.15, -0.1) is 0 Å². The number of H-pyrrole nitrogens is 1. The molecule has 0 bridgehead atoms. The van der Waals surface area contributed by atoms with Gasteiger partial charge in [-0.25, -0.2) is 15.1 Å². The first-order valence-corrected chi connectivity index (χ1v) is 7.86. The molecule has 27 heavy (non-hydrogen) atoms. The molecule has 6 nitrogen and oxygen atoms in total. The number of aromatic hydroxyl groups is 1. The van der Waals surface area contributed by atoms with E-state index in [4.69, 9.17) is 0 Å². The van der Waals surface area contributed by atoms with E-state index in [2.05, 4.69) is 25.5 Å². The van der Waals surface area contributed by atoms with Gasteiger partial charge >= 0.3 is 6.18 Å². The van der Waals surface area contributed by atoms with Crippen LogP contribution in [0, 0.1) is 0 Å². The van der Waals surface area contributed by atoms with Gasteiger partial charge < -0.3 is 10.4 Å². The zero-order valence-corrected chi connectivity index (χ0v) is 13.6. The Hall–Kier alpha value is -3.62. The Bertz CT molecular complexity index is 1120. The normalized spacial score (nSPS) is 11.7. The third-order valence-electron chi connectivity index (χ3n) is 3.89. The van der Waals surface area contributed by atoms with Crippen molar-refractivity contribution in [3.05, 3.63) is 60.2 Å². The lowest BCUT2D eigenvalue weighted by molar-refractivity contribution is -0.137. The van der Waals surface area contributed by atoms with Gasteiger partial charge in [0, 0.05) is 17.0 Å². The van der Waals surface area contributed by atoms with Crippen LogP contribution in [-0.2, 0) is 6.18 Å². The number of nitrogens with one attached hydrogen (secondary N) is 2. The number of anilines is 2. The maximum atomic E-state index is 13.4. The summed E-state index contributed by atoms with van der Waals surface area (Å²) in [5.41, 5.74) is -0.464. The third kappa shape index (κ3) is 3.26.